The lowest BCUT2D eigenvalue weighted by atomic mass is 9.99. The zero-order valence-electron chi connectivity index (χ0n) is 10.9. The van der Waals surface area contributed by atoms with Crippen LogP contribution in [0.1, 0.15) is 24.9 Å². The molecule has 0 saturated heterocycles. The average molecular weight is 252 g/mol. The van der Waals surface area contributed by atoms with E-state index in [0.717, 1.165) is 23.9 Å². The minimum Gasteiger partial charge on any atom is -0.344 e. The van der Waals surface area contributed by atoms with E-state index in [0.29, 0.717) is 11.4 Å². The molecule has 98 valence electrons. The minimum atomic E-state index is -0.732. The van der Waals surface area contributed by atoms with Crippen LogP contribution < -0.4 is 5.32 Å². The van der Waals surface area contributed by atoms with Gasteiger partial charge in [0.25, 0.3) is 0 Å². The molecule has 0 bridgehead atoms. The second-order valence-electron chi connectivity index (χ2n) is 4.70. The van der Waals surface area contributed by atoms with Crippen molar-refractivity contribution in [1.82, 2.24) is 9.88 Å². The lowest BCUT2D eigenvalue weighted by Crippen LogP contribution is -2.12. The second kappa shape index (κ2) is 5.06. The Bertz CT molecular complexity index is 560. The monoisotopic (exact) mass is 252 g/mol. The fraction of sp³-hybridized carbons (Fsp3) is 0.429. The third kappa shape index (κ3) is 2.01. The van der Waals surface area contributed by atoms with Gasteiger partial charge in [0.05, 0.1) is 5.52 Å². The highest BCUT2D eigenvalue weighted by Crippen LogP contribution is 2.34. The van der Waals surface area contributed by atoms with Crippen molar-refractivity contribution < 1.29 is 8.78 Å². The Morgan fingerprint density at radius 3 is 2.67 bits per heavy atom. The van der Waals surface area contributed by atoms with Crippen LogP contribution in [-0.2, 0) is 6.42 Å². The van der Waals surface area contributed by atoms with Crippen molar-refractivity contribution in [3.63, 3.8) is 0 Å². The number of nitrogens with zero attached hydrogens (tertiary/aromatic N) is 1. The zero-order chi connectivity index (χ0) is 13.3. The maximum absolute atomic E-state index is 13.5. The molecule has 1 N–H and O–H groups in total. The van der Waals surface area contributed by atoms with E-state index in [4.69, 9.17) is 0 Å². The summed E-state index contributed by atoms with van der Waals surface area (Å²) in [6, 6.07) is 3.37. The van der Waals surface area contributed by atoms with Gasteiger partial charge in [-0.1, -0.05) is 0 Å². The van der Waals surface area contributed by atoms with Gasteiger partial charge in [-0.3, -0.25) is 0 Å². The second-order valence-corrected chi connectivity index (χ2v) is 4.70. The summed E-state index contributed by atoms with van der Waals surface area (Å²) >= 11 is 0. The van der Waals surface area contributed by atoms with Gasteiger partial charge in [0, 0.05) is 17.6 Å². The molecule has 0 spiro atoms. The first-order valence-electron chi connectivity index (χ1n) is 6.16. The van der Waals surface area contributed by atoms with E-state index in [-0.39, 0.29) is 0 Å². The summed E-state index contributed by atoms with van der Waals surface area (Å²) in [7, 11) is 3.75. The van der Waals surface area contributed by atoms with Crippen molar-refractivity contribution in [3.8, 4) is 0 Å². The van der Waals surface area contributed by atoms with Gasteiger partial charge in [-0.25, -0.2) is 8.78 Å². The van der Waals surface area contributed by atoms with Gasteiger partial charge in [-0.2, -0.15) is 0 Å². The van der Waals surface area contributed by atoms with Crippen molar-refractivity contribution >= 4 is 10.9 Å². The van der Waals surface area contributed by atoms with Gasteiger partial charge in [0.1, 0.15) is 0 Å². The molecule has 2 heterocycles. The first kappa shape index (κ1) is 13.0. The highest BCUT2D eigenvalue weighted by molar-refractivity contribution is 5.84. The van der Waals surface area contributed by atoms with E-state index >= 15 is 0 Å². The van der Waals surface area contributed by atoms with Crippen LogP contribution in [0.5, 0.6) is 0 Å². The Morgan fingerprint density at radius 2 is 2.00 bits per heavy atom. The summed E-state index contributed by atoms with van der Waals surface area (Å²) in [6.07, 6.45) is 3.67. The third-order valence-corrected chi connectivity index (χ3v) is 3.27. The molecule has 1 atom stereocenters. The Kier molecular flexibility index (Phi) is 3.66. The molecule has 0 amide bonds. The SMILES string of the molecule is CC1CCc2cc(F)c(F)c3ccn1c23.CNC. The van der Waals surface area contributed by atoms with Crippen LogP contribution in [0.15, 0.2) is 18.3 Å². The predicted octanol–water partition coefficient (Wildman–Crippen LogP) is 3.26. The molecule has 1 aliphatic rings. The van der Waals surface area contributed by atoms with Crippen LogP contribution in [0.2, 0.25) is 0 Å². The quantitative estimate of drug-likeness (QED) is 0.761. The van der Waals surface area contributed by atoms with Crippen molar-refractivity contribution in [2.45, 2.75) is 25.8 Å². The average Bonchev–Trinajstić information content (AvgIpc) is 2.77. The predicted molar refractivity (Wildman–Crippen MR) is 69.9 cm³/mol. The lowest BCUT2D eigenvalue weighted by molar-refractivity contribution is 0.491. The number of halogens is 2. The smallest absolute Gasteiger partial charge is 0.168 e. The fourth-order valence-corrected chi connectivity index (χ4v) is 2.44. The number of aryl methyl sites for hydroxylation is 1. The summed E-state index contributed by atoms with van der Waals surface area (Å²) in [5.74, 6) is -1.45. The van der Waals surface area contributed by atoms with Crippen LogP contribution in [0.3, 0.4) is 0 Å². The number of nitrogens with one attached hydrogen (secondary N) is 1. The van der Waals surface area contributed by atoms with Crippen molar-refractivity contribution in [1.29, 1.82) is 0 Å². The summed E-state index contributed by atoms with van der Waals surface area (Å²) < 4.78 is 28.8. The van der Waals surface area contributed by atoms with Crippen LogP contribution in [0.25, 0.3) is 10.9 Å². The molecule has 2 aromatic rings. The Hall–Kier alpha value is -1.42. The summed E-state index contributed by atoms with van der Waals surface area (Å²) in [6.45, 7) is 2.10. The summed E-state index contributed by atoms with van der Waals surface area (Å²) in [4.78, 5) is 0. The van der Waals surface area contributed by atoms with E-state index in [9.17, 15) is 8.78 Å². The third-order valence-electron chi connectivity index (χ3n) is 3.27. The van der Waals surface area contributed by atoms with E-state index in [1.54, 1.807) is 6.07 Å². The van der Waals surface area contributed by atoms with Crippen LogP contribution in [0.4, 0.5) is 8.78 Å². The van der Waals surface area contributed by atoms with Gasteiger partial charge < -0.3 is 9.88 Å². The molecule has 0 radical (unpaired) electrons. The largest absolute Gasteiger partial charge is 0.344 e. The van der Waals surface area contributed by atoms with Crippen molar-refractivity contribution in [2.75, 3.05) is 14.1 Å². The van der Waals surface area contributed by atoms with E-state index in [1.807, 2.05) is 24.9 Å². The molecular weight excluding hydrogens is 234 g/mol. The van der Waals surface area contributed by atoms with E-state index < -0.39 is 11.6 Å². The first-order chi connectivity index (χ1) is 8.60. The molecule has 3 rings (SSSR count). The number of rotatable bonds is 0. The lowest BCUT2D eigenvalue weighted by Gasteiger charge is -2.22. The fourth-order valence-electron chi connectivity index (χ4n) is 2.44. The van der Waals surface area contributed by atoms with Crippen molar-refractivity contribution in [3.05, 3.63) is 35.5 Å². The van der Waals surface area contributed by atoms with Gasteiger partial charge >= 0.3 is 0 Å². The molecule has 0 aliphatic carbocycles. The maximum Gasteiger partial charge on any atom is 0.168 e. The maximum atomic E-state index is 13.5. The van der Waals surface area contributed by atoms with Gasteiger partial charge in [-0.05, 0) is 51.6 Å². The van der Waals surface area contributed by atoms with Crippen LogP contribution >= 0.6 is 0 Å². The minimum absolute atomic E-state index is 0.375. The molecule has 4 heteroatoms. The number of aromatic nitrogens is 1. The van der Waals surface area contributed by atoms with E-state index in [1.165, 1.54) is 6.07 Å². The molecule has 1 aromatic carbocycles. The molecule has 18 heavy (non-hydrogen) atoms. The van der Waals surface area contributed by atoms with Gasteiger partial charge in [0.15, 0.2) is 11.6 Å². The molecule has 0 fully saturated rings. The highest BCUT2D eigenvalue weighted by Gasteiger charge is 2.21. The van der Waals surface area contributed by atoms with Crippen LogP contribution in [-0.4, -0.2) is 18.7 Å². The molecule has 1 unspecified atom stereocenters. The van der Waals surface area contributed by atoms with Gasteiger partial charge in [0.2, 0.25) is 0 Å². The first-order valence-corrected chi connectivity index (χ1v) is 6.16. The number of benzene rings is 1. The number of hydrogen-bond acceptors (Lipinski definition) is 1. The topological polar surface area (TPSA) is 17.0 Å². The normalized spacial score (nSPS) is 17.5. The molecule has 1 aliphatic heterocycles. The van der Waals surface area contributed by atoms with Crippen molar-refractivity contribution in [2.24, 2.45) is 0 Å². The van der Waals surface area contributed by atoms with Gasteiger partial charge in [-0.15, -0.1) is 0 Å². The van der Waals surface area contributed by atoms with Crippen LogP contribution in [0, 0.1) is 11.6 Å². The Labute approximate surface area is 106 Å². The Balaban J connectivity index is 0.000000367. The zero-order valence-corrected chi connectivity index (χ0v) is 10.9. The van der Waals surface area contributed by atoms with E-state index in [2.05, 4.69) is 12.2 Å². The standard InChI is InChI=1S/C12H11F2N.C2H7N/c1-7-2-3-8-6-10(13)11(14)9-4-5-15(7)12(8)9;1-3-2/h4-7H,2-3H2,1H3;3H,1-2H3. The highest BCUT2D eigenvalue weighted by atomic mass is 19.2. The molecular formula is C14H18F2N2. The Morgan fingerprint density at radius 1 is 1.33 bits per heavy atom. The molecule has 1 aromatic heterocycles. The summed E-state index contributed by atoms with van der Waals surface area (Å²) in [5.41, 5.74) is 1.79. The number of hydrogen-bond donors (Lipinski definition) is 1. The molecule has 0 saturated carbocycles. The summed E-state index contributed by atoms with van der Waals surface area (Å²) in [5, 5.41) is 3.16. The molecule has 2 nitrogen and oxygen atoms in total.